The van der Waals surface area contributed by atoms with E-state index in [0.29, 0.717) is 18.0 Å². The van der Waals surface area contributed by atoms with Crippen LogP contribution in [0.2, 0.25) is 5.02 Å². The van der Waals surface area contributed by atoms with Gasteiger partial charge in [0.25, 0.3) is 15.9 Å². The van der Waals surface area contributed by atoms with Gasteiger partial charge in [-0.15, -0.1) is 10.2 Å². The predicted octanol–water partition coefficient (Wildman–Crippen LogP) is 4.30. The van der Waals surface area contributed by atoms with Gasteiger partial charge in [-0.2, -0.15) is 0 Å². The van der Waals surface area contributed by atoms with Crippen molar-refractivity contribution >= 4 is 38.9 Å². The number of aromatic nitrogens is 3. The molecule has 1 aliphatic rings. The second kappa shape index (κ2) is 8.69. The molecule has 1 fully saturated rings. The maximum Gasteiger partial charge on any atom is 0.261 e. The van der Waals surface area contributed by atoms with Gasteiger partial charge in [0.15, 0.2) is 11.5 Å². The fraction of sp³-hybridized carbons (Fsp3) is 0.174. The monoisotopic (exact) mass is 499 g/mol. The molecule has 11 heteroatoms. The maximum absolute atomic E-state index is 13.4. The number of nitrogens with one attached hydrogen (secondary N) is 1. The number of rotatable bonds is 5. The van der Waals surface area contributed by atoms with Crippen LogP contribution in [0.5, 0.6) is 0 Å². The fourth-order valence-corrected chi connectivity index (χ4v) is 5.38. The Hall–Kier alpha value is -3.50. The number of fused-ring (bicyclic) bond motifs is 1. The Morgan fingerprint density at radius 2 is 1.88 bits per heavy atom. The highest BCUT2D eigenvalue weighted by atomic mass is 35.5. The number of halogens is 2. The van der Waals surface area contributed by atoms with Gasteiger partial charge in [0.1, 0.15) is 5.82 Å². The first-order valence-corrected chi connectivity index (χ1v) is 12.4. The second-order valence-electron chi connectivity index (χ2n) is 7.90. The van der Waals surface area contributed by atoms with Crippen molar-refractivity contribution in [1.82, 2.24) is 19.5 Å². The molecule has 1 N–H and O–H groups in total. The van der Waals surface area contributed by atoms with Crippen molar-refractivity contribution in [2.75, 3.05) is 11.3 Å². The summed E-state index contributed by atoms with van der Waals surface area (Å²) in [6.07, 6.45) is 3.39. The van der Waals surface area contributed by atoms with Gasteiger partial charge in [0, 0.05) is 18.3 Å². The number of likely N-dealkylation sites (tertiary alicyclic amines) is 1. The van der Waals surface area contributed by atoms with E-state index < -0.39 is 15.8 Å². The maximum atomic E-state index is 13.4. The van der Waals surface area contributed by atoms with Gasteiger partial charge in [0.05, 0.1) is 21.6 Å². The standard InChI is InChI=1S/C23H19ClFN5O3S/c24-18-11-6-15(14-19(18)28-34(32,33)17-9-7-16(25)8-10-17)23(31)29-13-3-4-20(29)22-27-26-21-5-1-2-12-30(21)22/h1-2,5-12,14,20,28H,3-4,13H2. The first-order valence-electron chi connectivity index (χ1n) is 10.5. The minimum absolute atomic E-state index is 0.0560. The van der Waals surface area contributed by atoms with Crippen molar-refractivity contribution in [2.45, 2.75) is 23.8 Å². The van der Waals surface area contributed by atoms with Gasteiger partial charge in [-0.25, -0.2) is 12.8 Å². The molecule has 0 saturated carbocycles. The van der Waals surface area contributed by atoms with E-state index >= 15 is 0 Å². The third kappa shape index (κ3) is 4.10. The molecule has 0 radical (unpaired) electrons. The van der Waals surface area contributed by atoms with E-state index in [-0.39, 0.29) is 33.1 Å². The molecule has 0 aliphatic carbocycles. The number of sulfonamides is 1. The number of pyridine rings is 1. The number of anilines is 1. The van der Waals surface area contributed by atoms with Crippen molar-refractivity contribution in [3.63, 3.8) is 0 Å². The molecule has 2 aromatic heterocycles. The zero-order valence-electron chi connectivity index (χ0n) is 17.7. The number of carbonyl (C=O) groups excluding carboxylic acids is 1. The SMILES string of the molecule is O=C(c1ccc(Cl)c(NS(=O)(=O)c2ccc(F)cc2)c1)N1CCCC1c1nnc2ccccn12. The molecule has 174 valence electrons. The van der Waals surface area contributed by atoms with Crippen LogP contribution >= 0.6 is 11.6 Å². The highest BCUT2D eigenvalue weighted by Crippen LogP contribution is 2.34. The topological polar surface area (TPSA) is 96.7 Å². The van der Waals surface area contributed by atoms with E-state index in [1.807, 2.05) is 28.8 Å². The van der Waals surface area contributed by atoms with Gasteiger partial charge in [-0.3, -0.25) is 13.9 Å². The molecule has 5 rings (SSSR count). The third-order valence-corrected chi connectivity index (χ3v) is 7.44. The Kier molecular flexibility index (Phi) is 5.70. The smallest absolute Gasteiger partial charge is 0.261 e. The van der Waals surface area contributed by atoms with Crippen molar-refractivity contribution < 1.29 is 17.6 Å². The molecule has 1 aliphatic heterocycles. The van der Waals surface area contributed by atoms with Crippen LogP contribution in [0.3, 0.4) is 0 Å². The number of hydrogen-bond donors (Lipinski definition) is 1. The minimum Gasteiger partial charge on any atom is -0.328 e. The van der Waals surface area contributed by atoms with Crippen LogP contribution in [0.25, 0.3) is 5.65 Å². The van der Waals surface area contributed by atoms with E-state index in [4.69, 9.17) is 11.6 Å². The van der Waals surface area contributed by atoms with E-state index in [2.05, 4.69) is 14.9 Å². The number of amides is 1. The van der Waals surface area contributed by atoms with Gasteiger partial charge in [0.2, 0.25) is 0 Å². The first-order chi connectivity index (χ1) is 16.3. The summed E-state index contributed by atoms with van der Waals surface area (Å²) in [6, 6.07) is 14.2. The Morgan fingerprint density at radius 3 is 2.68 bits per heavy atom. The predicted molar refractivity (Wildman–Crippen MR) is 125 cm³/mol. The lowest BCUT2D eigenvalue weighted by Gasteiger charge is -2.24. The summed E-state index contributed by atoms with van der Waals surface area (Å²) in [4.78, 5) is 15.0. The van der Waals surface area contributed by atoms with Gasteiger partial charge in [-0.05, 0) is 67.4 Å². The number of benzene rings is 2. The quantitative estimate of drug-likeness (QED) is 0.441. The summed E-state index contributed by atoms with van der Waals surface area (Å²) in [7, 11) is -4.03. The molecule has 2 aromatic carbocycles. The number of carbonyl (C=O) groups is 1. The van der Waals surface area contributed by atoms with Gasteiger partial charge >= 0.3 is 0 Å². The van der Waals surface area contributed by atoms with Crippen LogP contribution in [-0.2, 0) is 10.0 Å². The van der Waals surface area contributed by atoms with Crippen LogP contribution in [0.1, 0.15) is 35.1 Å². The molecule has 1 unspecified atom stereocenters. The Balaban J connectivity index is 1.43. The highest BCUT2D eigenvalue weighted by Gasteiger charge is 2.34. The fourth-order valence-electron chi connectivity index (χ4n) is 4.09. The molecule has 1 atom stereocenters. The lowest BCUT2D eigenvalue weighted by atomic mass is 10.1. The molecular formula is C23H19ClFN5O3S. The normalized spacial score (nSPS) is 16.2. The van der Waals surface area contributed by atoms with Crippen molar-refractivity contribution in [1.29, 1.82) is 0 Å². The molecule has 34 heavy (non-hydrogen) atoms. The Morgan fingerprint density at radius 1 is 1.09 bits per heavy atom. The Labute approximate surface area is 200 Å². The van der Waals surface area contributed by atoms with E-state index in [0.717, 1.165) is 37.1 Å². The zero-order valence-corrected chi connectivity index (χ0v) is 19.3. The van der Waals surface area contributed by atoms with Crippen molar-refractivity contribution in [3.8, 4) is 0 Å². The summed E-state index contributed by atoms with van der Waals surface area (Å²) in [5.41, 5.74) is 1.03. The average molecular weight is 500 g/mol. The van der Waals surface area contributed by atoms with Gasteiger partial charge in [-0.1, -0.05) is 17.7 Å². The van der Waals surface area contributed by atoms with Crippen LogP contribution in [0.15, 0.2) is 71.8 Å². The van der Waals surface area contributed by atoms with Crippen LogP contribution in [0, 0.1) is 5.82 Å². The molecule has 8 nitrogen and oxygen atoms in total. The molecule has 1 amide bonds. The zero-order chi connectivity index (χ0) is 23.9. The molecule has 0 bridgehead atoms. The van der Waals surface area contributed by atoms with Crippen molar-refractivity contribution in [2.24, 2.45) is 0 Å². The minimum atomic E-state index is -4.03. The highest BCUT2D eigenvalue weighted by molar-refractivity contribution is 7.92. The van der Waals surface area contributed by atoms with Gasteiger partial charge < -0.3 is 4.90 Å². The lowest BCUT2D eigenvalue weighted by molar-refractivity contribution is 0.0729. The molecule has 0 spiro atoms. The largest absolute Gasteiger partial charge is 0.328 e. The lowest BCUT2D eigenvalue weighted by Crippen LogP contribution is -2.31. The summed E-state index contributed by atoms with van der Waals surface area (Å²) < 4.78 is 42.9. The molecular weight excluding hydrogens is 481 g/mol. The third-order valence-electron chi connectivity index (χ3n) is 5.73. The first kappa shape index (κ1) is 22.3. The van der Waals surface area contributed by atoms with E-state index in [1.165, 1.54) is 12.1 Å². The van der Waals surface area contributed by atoms with Crippen LogP contribution in [-0.4, -0.2) is 40.4 Å². The van der Waals surface area contributed by atoms with E-state index in [9.17, 15) is 17.6 Å². The summed E-state index contributed by atoms with van der Waals surface area (Å²) in [5, 5.41) is 8.62. The number of hydrogen-bond acceptors (Lipinski definition) is 5. The Bertz CT molecular complexity index is 1490. The number of nitrogens with zero attached hydrogens (tertiary/aromatic N) is 4. The molecule has 4 aromatic rings. The summed E-state index contributed by atoms with van der Waals surface area (Å²) in [5.74, 6) is -0.146. The summed E-state index contributed by atoms with van der Waals surface area (Å²) in [6.45, 7) is 0.532. The molecule has 3 heterocycles. The molecule has 1 saturated heterocycles. The van der Waals surface area contributed by atoms with E-state index in [1.54, 1.807) is 11.0 Å². The van der Waals surface area contributed by atoms with Crippen molar-refractivity contribution in [3.05, 3.63) is 89.1 Å². The average Bonchev–Trinajstić information content (AvgIpc) is 3.47. The van der Waals surface area contributed by atoms with Crippen LogP contribution in [0.4, 0.5) is 10.1 Å². The second-order valence-corrected chi connectivity index (χ2v) is 9.99. The summed E-state index contributed by atoms with van der Waals surface area (Å²) >= 11 is 6.22. The van der Waals surface area contributed by atoms with Crippen LogP contribution < -0.4 is 4.72 Å².